The predicted molar refractivity (Wildman–Crippen MR) is 80.9 cm³/mol. The van der Waals surface area contributed by atoms with Gasteiger partial charge in [-0.2, -0.15) is 15.0 Å². The van der Waals surface area contributed by atoms with Crippen LogP contribution >= 0.6 is 0 Å². The van der Waals surface area contributed by atoms with Crippen LogP contribution in [0.1, 0.15) is 34.6 Å². The Bertz CT molecular complexity index is 375. The maximum Gasteiger partial charge on any atom is 0.231 e. The molecule has 0 saturated carbocycles. The molecule has 0 aliphatic heterocycles. The van der Waals surface area contributed by atoms with Crippen LogP contribution in [0.4, 0.5) is 17.8 Å². The molecule has 0 fully saturated rings. The SMILES string of the molecule is CCNc1nc(NCC(C)C)nc(N(CC)CC)n1. The Morgan fingerprint density at radius 2 is 1.53 bits per heavy atom. The zero-order chi connectivity index (χ0) is 14.3. The number of nitrogens with zero attached hydrogens (tertiary/aromatic N) is 4. The molecule has 0 amide bonds. The standard InChI is InChI=1S/C13H26N6/c1-6-14-11-16-12(15-9-10(4)5)18-13(17-11)19(7-2)8-3/h10H,6-9H2,1-5H3,(H2,14,15,16,17,18). The number of hydrogen-bond donors (Lipinski definition) is 2. The molecule has 19 heavy (non-hydrogen) atoms. The molecular weight excluding hydrogens is 240 g/mol. The highest BCUT2D eigenvalue weighted by Gasteiger charge is 2.10. The lowest BCUT2D eigenvalue weighted by Crippen LogP contribution is -2.25. The average Bonchev–Trinajstić information content (AvgIpc) is 2.38. The highest BCUT2D eigenvalue weighted by molar-refractivity contribution is 5.43. The van der Waals surface area contributed by atoms with E-state index in [0.29, 0.717) is 17.8 Å². The van der Waals surface area contributed by atoms with E-state index in [-0.39, 0.29) is 0 Å². The first-order valence-electron chi connectivity index (χ1n) is 7.09. The summed E-state index contributed by atoms with van der Waals surface area (Å²) in [4.78, 5) is 15.4. The molecule has 0 atom stereocenters. The van der Waals surface area contributed by atoms with Gasteiger partial charge in [0.1, 0.15) is 0 Å². The first-order chi connectivity index (χ1) is 9.10. The number of nitrogens with one attached hydrogen (secondary N) is 2. The van der Waals surface area contributed by atoms with E-state index in [1.54, 1.807) is 0 Å². The van der Waals surface area contributed by atoms with Crippen LogP contribution < -0.4 is 15.5 Å². The minimum Gasteiger partial charge on any atom is -0.354 e. The third-order valence-corrected chi connectivity index (χ3v) is 2.67. The summed E-state index contributed by atoms with van der Waals surface area (Å²) in [5.74, 6) is 2.55. The smallest absolute Gasteiger partial charge is 0.231 e. The molecule has 0 radical (unpaired) electrons. The van der Waals surface area contributed by atoms with Crippen molar-refractivity contribution in [2.24, 2.45) is 5.92 Å². The summed E-state index contributed by atoms with van der Waals surface area (Å²) in [6, 6.07) is 0. The van der Waals surface area contributed by atoms with Gasteiger partial charge in [0.25, 0.3) is 0 Å². The monoisotopic (exact) mass is 266 g/mol. The fraction of sp³-hybridized carbons (Fsp3) is 0.769. The molecule has 0 saturated heterocycles. The summed E-state index contributed by atoms with van der Waals surface area (Å²) in [5, 5.41) is 6.41. The number of hydrogen-bond acceptors (Lipinski definition) is 6. The lowest BCUT2D eigenvalue weighted by molar-refractivity contribution is 0.683. The Morgan fingerprint density at radius 3 is 2.00 bits per heavy atom. The molecule has 108 valence electrons. The molecule has 0 spiro atoms. The van der Waals surface area contributed by atoms with Crippen molar-refractivity contribution >= 4 is 17.8 Å². The molecule has 0 aliphatic carbocycles. The number of rotatable bonds is 8. The topological polar surface area (TPSA) is 66.0 Å². The molecule has 1 aromatic heterocycles. The second kappa shape index (κ2) is 7.76. The van der Waals surface area contributed by atoms with Gasteiger partial charge in [-0.15, -0.1) is 0 Å². The van der Waals surface area contributed by atoms with Crippen molar-refractivity contribution < 1.29 is 0 Å². The minimum absolute atomic E-state index is 0.552. The maximum atomic E-state index is 4.48. The molecule has 1 rings (SSSR count). The molecule has 1 aromatic rings. The third-order valence-electron chi connectivity index (χ3n) is 2.67. The van der Waals surface area contributed by atoms with Crippen LogP contribution in [0, 0.1) is 5.92 Å². The zero-order valence-corrected chi connectivity index (χ0v) is 12.7. The van der Waals surface area contributed by atoms with Crippen LogP contribution in [0.3, 0.4) is 0 Å². The van der Waals surface area contributed by atoms with Crippen molar-refractivity contribution in [1.29, 1.82) is 0 Å². The predicted octanol–water partition coefficient (Wildman–Crippen LogP) is 2.22. The summed E-state index contributed by atoms with van der Waals surface area (Å²) in [6.45, 7) is 14.0. The molecule has 0 bridgehead atoms. The second-order valence-corrected chi connectivity index (χ2v) is 4.76. The molecule has 6 heteroatoms. The summed E-state index contributed by atoms with van der Waals surface area (Å²) >= 11 is 0. The Morgan fingerprint density at radius 1 is 0.947 bits per heavy atom. The van der Waals surface area contributed by atoms with Gasteiger partial charge in [-0.25, -0.2) is 0 Å². The minimum atomic E-state index is 0.552. The van der Waals surface area contributed by atoms with E-state index in [0.717, 1.165) is 32.1 Å². The molecule has 0 unspecified atom stereocenters. The van der Waals surface area contributed by atoms with Crippen LogP contribution in [0.5, 0.6) is 0 Å². The molecule has 0 aliphatic rings. The van der Waals surface area contributed by atoms with Gasteiger partial charge < -0.3 is 15.5 Å². The van der Waals surface area contributed by atoms with Gasteiger partial charge in [0.2, 0.25) is 17.8 Å². The van der Waals surface area contributed by atoms with Gasteiger partial charge in [-0.1, -0.05) is 13.8 Å². The first-order valence-corrected chi connectivity index (χ1v) is 7.09. The lowest BCUT2D eigenvalue weighted by Gasteiger charge is -2.20. The van der Waals surface area contributed by atoms with Gasteiger partial charge in [-0.05, 0) is 26.7 Å². The van der Waals surface area contributed by atoms with Gasteiger partial charge in [-0.3, -0.25) is 0 Å². The molecule has 2 N–H and O–H groups in total. The van der Waals surface area contributed by atoms with Crippen LogP contribution in [0.15, 0.2) is 0 Å². The highest BCUT2D eigenvalue weighted by Crippen LogP contribution is 2.13. The zero-order valence-electron chi connectivity index (χ0n) is 12.7. The fourth-order valence-electron chi connectivity index (χ4n) is 1.62. The Balaban J connectivity index is 2.95. The Hall–Kier alpha value is -1.59. The molecule has 6 nitrogen and oxygen atoms in total. The Kier molecular flexibility index (Phi) is 6.32. The maximum absolute atomic E-state index is 4.48. The quantitative estimate of drug-likeness (QED) is 0.752. The molecule has 0 aromatic carbocycles. The van der Waals surface area contributed by atoms with E-state index in [1.807, 2.05) is 6.92 Å². The molecular formula is C13H26N6. The van der Waals surface area contributed by atoms with Crippen LogP contribution in [-0.2, 0) is 0 Å². The van der Waals surface area contributed by atoms with Crippen LogP contribution in [0.2, 0.25) is 0 Å². The summed E-state index contributed by atoms with van der Waals surface area (Å²) in [5.41, 5.74) is 0. The van der Waals surface area contributed by atoms with Crippen molar-refractivity contribution in [3.8, 4) is 0 Å². The number of anilines is 3. The van der Waals surface area contributed by atoms with Gasteiger partial charge in [0.15, 0.2) is 0 Å². The van der Waals surface area contributed by atoms with Crippen LogP contribution in [0.25, 0.3) is 0 Å². The van der Waals surface area contributed by atoms with Crippen molar-refractivity contribution in [1.82, 2.24) is 15.0 Å². The van der Waals surface area contributed by atoms with E-state index in [1.165, 1.54) is 0 Å². The Labute approximate surface area is 116 Å². The average molecular weight is 266 g/mol. The second-order valence-electron chi connectivity index (χ2n) is 4.76. The van der Waals surface area contributed by atoms with E-state index in [2.05, 4.69) is 58.2 Å². The first kappa shape index (κ1) is 15.5. The van der Waals surface area contributed by atoms with E-state index >= 15 is 0 Å². The normalized spacial score (nSPS) is 10.6. The van der Waals surface area contributed by atoms with E-state index in [9.17, 15) is 0 Å². The third kappa shape index (κ3) is 4.89. The lowest BCUT2D eigenvalue weighted by atomic mass is 10.2. The fourth-order valence-corrected chi connectivity index (χ4v) is 1.62. The number of aromatic nitrogens is 3. The highest BCUT2D eigenvalue weighted by atomic mass is 15.3. The van der Waals surface area contributed by atoms with Crippen molar-refractivity contribution in [3.63, 3.8) is 0 Å². The van der Waals surface area contributed by atoms with Gasteiger partial charge >= 0.3 is 0 Å². The van der Waals surface area contributed by atoms with Crippen LogP contribution in [-0.4, -0.2) is 41.1 Å². The van der Waals surface area contributed by atoms with Gasteiger partial charge in [0, 0.05) is 26.2 Å². The van der Waals surface area contributed by atoms with Crippen molar-refractivity contribution in [3.05, 3.63) is 0 Å². The van der Waals surface area contributed by atoms with E-state index < -0.39 is 0 Å². The van der Waals surface area contributed by atoms with Crippen molar-refractivity contribution in [2.75, 3.05) is 41.7 Å². The van der Waals surface area contributed by atoms with Crippen molar-refractivity contribution in [2.45, 2.75) is 34.6 Å². The summed E-state index contributed by atoms with van der Waals surface area (Å²) in [6.07, 6.45) is 0. The van der Waals surface area contributed by atoms with E-state index in [4.69, 9.17) is 0 Å². The summed E-state index contributed by atoms with van der Waals surface area (Å²) < 4.78 is 0. The summed E-state index contributed by atoms with van der Waals surface area (Å²) in [7, 11) is 0. The largest absolute Gasteiger partial charge is 0.354 e. The van der Waals surface area contributed by atoms with Gasteiger partial charge in [0.05, 0.1) is 0 Å². The molecule has 1 heterocycles.